The van der Waals surface area contributed by atoms with Gasteiger partial charge in [-0.05, 0) is 24.3 Å². The second-order valence-electron chi connectivity index (χ2n) is 3.74. The predicted molar refractivity (Wildman–Crippen MR) is 66.5 cm³/mol. The van der Waals surface area contributed by atoms with Gasteiger partial charge >= 0.3 is 11.9 Å². The molecule has 0 bridgehead atoms. The van der Waals surface area contributed by atoms with Crippen LogP contribution in [0, 0.1) is 0 Å². The normalized spacial score (nSPS) is 9.89. The molecule has 2 N–H and O–H groups in total. The van der Waals surface area contributed by atoms with Crippen LogP contribution in [0.15, 0.2) is 48.5 Å². The van der Waals surface area contributed by atoms with Gasteiger partial charge < -0.3 is 14.9 Å². The number of carboxylic acid groups (broad SMARTS) is 1. The van der Waals surface area contributed by atoms with Crippen molar-refractivity contribution in [1.82, 2.24) is 0 Å². The summed E-state index contributed by atoms with van der Waals surface area (Å²) in [6, 6.07) is 11.9. The Bertz CT molecular complexity index is 619. The number of aromatic carboxylic acids is 1. The van der Waals surface area contributed by atoms with Gasteiger partial charge in [-0.3, -0.25) is 0 Å². The topological polar surface area (TPSA) is 83.8 Å². The van der Waals surface area contributed by atoms with E-state index in [-0.39, 0.29) is 11.3 Å². The van der Waals surface area contributed by atoms with Gasteiger partial charge in [0.25, 0.3) is 0 Å². The van der Waals surface area contributed by atoms with Gasteiger partial charge in [-0.1, -0.05) is 18.2 Å². The summed E-state index contributed by atoms with van der Waals surface area (Å²) in [5.74, 6) is -2.20. The van der Waals surface area contributed by atoms with E-state index in [1.807, 2.05) is 0 Å². The predicted octanol–water partition coefficient (Wildman–Crippen LogP) is 2.31. The first-order chi connectivity index (χ1) is 9.08. The van der Waals surface area contributed by atoms with Crippen LogP contribution >= 0.6 is 0 Å². The summed E-state index contributed by atoms with van der Waals surface area (Å²) in [6.45, 7) is 0. The molecule has 0 saturated carbocycles. The summed E-state index contributed by atoms with van der Waals surface area (Å²) in [5, 5.41) is 18.2. The maximum atomic E-state index is 11.7. The lowest BCUT2D eigenvalue weighted by Gasteiger charge is -2.06. The van der Waals surface area contributed by atoms with Gasteiger partial charge in [-0.25, -0.2) is 9.59 Å². The van der Waals surface area contributed by atoms with E-state index >= 15 is 0 Å². The van der Waals surface area contributed by atoms with Crippen LogP contribution in [0.25, 0.3) is 0 Å². The van der Waals surface area contributed by atoms with Crippen molar-refractivity contribution in [3.63, 3.8) is 0 Å². The number of rotatable bonds is 3. The highest BCUT2D eigenvalue weighted by molar-refractivity contribution is 5.92. The van der Waals surface area contributed by atoms with Crippen molar-refractivity contribution >= 4 is 11.9 Å². The van der Waals surface area contributed by atoms with E-state index in [4.69, 9.17) is 9.84 Å². The number of carboxylic acids is 1. The Kier molecular flexibility index (Phi) is 3.47. The minimum Gasteiger partial charge on any atom is -0.507 e. The number of hydrogen-bond donors (Lipinski definition) is 2. The molecule has 19 heavy (non-hydrogen) atoms. The molecular formula is C14H10O5. The standard InChI is InChI=1S/C14H10O5/c15-12-8-10(6-7-11(12)13(16)17)19-14(18)9-4-2-1-3-5-9/h1-8,15H,(H,16,17). The smallest absolute Gasteiger partial charge is 0.343 e. The van der Waals surface area contributed by atoms with Crippen LogP contribution in [-0.2, 0) is 0 Å². The highest BCUT2D eigenvalue weighted by atomic mass is 16.5. The number of carbonyl (C=O) groups is 2. The van der Waals surface area contributed by atoms with Crippen LogP contribution in [0.3, 0.4) is 0 Å². The van der Waals surface area contributed by atoms with E-state index in [1.54, 1.807) is 30.3 Å². The molecule has 0 fully saturated rings. The number of ether oxygens (including phenoxy) is 1. The van der Waals surface area contributed by atoms with Crippen LogP contribution in [-0.4, -0.2) is 22.2 Å². The average molecular weight is 258 g/mol. The molecule has 0 aliphatic carbocycles. The molecule has 0 heterocycles. The van der Waals surface area contributed by atoms with Crippen molar-refractivity contribution in [2.45, 2.75) is 0 Å². The molecule has 2 aromatic rings. The molecule has 0 unspecified atom stereocenters. The number of carbonyl (C=O) groups excluding carboxylic acids is 1. The lowest BCUT2D eigenvalue weighted by Crippen LogP contribution is -2.08. The third-order valence-electron chi connectivity index (χ3n) is 2.42. The minimum atomic E-state index is -1.25. The lowest BCUT2D eigenvalue weighted by molar-refractivity contribution is 0.0693. The molecule has 0 spiro atoms. The summed E-state index contributed by atoms with van der Waals surface area (Å²) < 4.78 is 5.02. The third kappa shape index (κ3) is 2.90. The summed E-state index contributed by atoms with van der Waals surface area (Å²) in [7, 11) is 0. The Morgan fingerprint density at radius 1 is 1.00 bits per heavy atom. The van der Waals surface area contributed by atoms with Crippen molar-refractivity contribution in [1.29, 1.82) is 0 Å². The fourth-order valence-electron chi connectivity index (χ4n) is 1.50. The molecule has 0 saturated heterocycles. The molecule has 0 amide bonds. The molecule has 0 aliphatic rings. The average Bonchev–Trinajstić information content (AvgIpc) is 2.39. The molecule has 0 aliphatic heterocycles. The second-order valence-corrected chi connectivity index (χ2v) is 3.74. The number of benzene rings is 2. The van der Waals surface area contributed by atoms with Crippen molar-refractivity contribution in [3.05, 3.63) is 59.7 Å². The molecule has 2 rings (SSSR count). The molecule has 0 aromatic heterocycles. The van der Waals surface area contributed by atoms with Crippen molar-refractivity contribution in [3.8, 4) is 11.5 Å². The fourth-order valence-corrected chi connectivity index (χ4v) is 1.50. The Morgan fingerprint density at radius 3 is 2.26 bits per heavy atom. The van der Waals surface area contributed by atoms with Gasteiger partial charge in [0, 0.05) is 6.07 Å². The quantitative estimate of drug-likeness (QED) is 0.652. The molecule has 0 atom stereocenters. The van der Waals surface area contributed by atoms with Crippen LogP contribution < -0.4 is 4.74 Å². The zero-order valence-corrected chi connectivity index (χ0v) is 9.74. The Hall–Kier alpha value is -2.82. The van der Waals surface area contributed by atoms with Crippen molar-refractivity contribution < 1.29 is 24.5 Å². The zero-order valence-electron chi connectivity index (χ0n) is 9.74. The van der Waals surface area contributed by atoms with Gasteiger partial charge in [0.15, 0.2) is 0 Å². The summed E-state index contributed by atoms with van der Waals surface area (Å²) in [5.41, 5.74) is 0.115. The summed E-state index contributed by atoms with van der Waals surface area (Å²) >= 11 is 0. The van der Waals surface area contributed by atoms with Gasteiger partial charge in [0.2, 0.25) is 0 Å². The Morgan fingerprint density at radius 2 is 1.68 bits per heavy atom. The third-order valence-corrected chi connectivity index (χ3v) is 2.42. The maximum Gasteiger partial charge on any atom is 0.343 e. The molecule has 96 valence electrons. The highest BCUT2D eigenvalue weighted by Gasteiger charge is 2.13. The maximum absolute atomic E-state index is 11.7. The van der Waals surface area contributed by atoms with E-state index in [9.17, 15) is 14.7 Å². The molecule has 2 aromatic carbocycles. The first-order valence-electron chi connectivity index (χ1n) is 5.41. The summed E-state index contributed by atoms with van der Waals surface area (Å²) in [4.78, 5) is 22.4. The number of esters is 1. The van der Waals surface area contributed by atoms with Crippen molar-refractivity contribution in [2.75, 3.05) is 0 Å². The molecule has 5 nitrogen and oxygen atoms in total. The first-order valence-corrected chi connectivity index (χ1v) is 5.41. The van der Waals surface area contributed by atoms with Crippen LogP contribution in [0.2, 0.25) is 0 Å². The van der Waals surface area contributed by atoms with Gasteiger partial charge in [0.1, 0.15) is 17.1 Å². The number of phenols is 1. The van der Waals surface area contributed by atoms with Crippen LogP contribution in [0.1, 0.15) is 20.7 Å². The summed E-state index contributed by atoms with van der Waals surface area (Å²) in [6.07, 6.45) is 0. The van der Waals surface area contributed by atoms with Crippen molar-refractivity contribution in [2.24, 2.45) is 0 Å². The fraction of sp³-hybridized carbons (Fsp3) is 0. The van der Waals surface area contributed by atoms with E-state index < -0.39 is 17.7 Å². The zero-order chi connectivity index (χ0) is 13.8. The minimum absolute atomic E-state index is 0.0800. The van der Waals surface area contributed by atoms with E-state index in [2.05, 4.69) is 0 Å². The second kappa shape index (κ2) is 5.22. The lowest BCUT2D eigenvalue weighted by atomic mass is 10.2. The van der Waals surface area contributed by atoms with Gasteiger partial charge in [0.05, 0.1) is 5.56 Å². The Balaban J connectivity index is 2.19. The first kappa shape index (κ1) is 12.6. The largest absolute Gasteiger partial charge is 0.507 e. The highest BCUT2D eigenvalue weighted by Crippen LogP contribution is 2.24. The molecular weight excluding hydrogens is 248 g/mol. The SMILES string of the molecule is O=C(Oc1ccc(C(=O)O)c(O)c1)c1ccccc1. The van der Waals surface area contributed by atoms with Gasteiger partial charge in [-0.15, -0.1) is 0 Å². The molecule has 5 heteroatoms. The Labute approximate surface area is 108 Å². The molecule has 0 radical (unpaired) electrons. The van der Waals surface area contributed by atoms with E-state index in [0.29, 0.717) is 5.56 Å². The van der Waals surface area contributed by atoms with E-state index in [0.717, 1.165) is 6.07 Å². The van der Waals surface area contributed by atoms with Gasteiger partial charge in [-0.2, -0.15) is 0 Å². The monoisotopic (exact) mass is 258 g/mol. The number of hydrogen-bond acceptors (Lipinski definition) is 4. The van der Waals surface area contributed by atoms with E-state index in [1.165, 1.54) is 12.1 Å². The van der Waals surface area contributed by atoms with Crippen LogP contribution in [0.5, 0.6) is 11.5 Å². The van der Waals surface area contributed by atoms with Crippen LogP contribution in [0.4, 0.5) is 0 Å². The number of aromatic hydroxyl groups is 1.